The molecule has 0 aliphatic rings. The fourth-order valence-electron chi connectivity index (χ4n) is 5.08. The molecular formula is C40H71O8P. The topological polar surface area (TPSA) is 108 Å². The van der Waals surface area contributed by atoms with Gasteiger partial charge in [0.2, 0.25) is 0 Å². The van der Waals surface area contributed by atoms with Crippen LogP contribution in [0.2, 0.25) is 0 Å². The highest BCUT2D eigenvalue weighted by molar-refractivity contribution is 7.47. The Kier molecular flexibility index (Phi) is 34.4. The van der Waals surface area contributed by atoms with E-state index in [1.807, 2.05) is 0 Å². The van der Waals surface area contributed by atoms with Crippen LogP contribution in [-0.4, -0.2) is 43.3 Å². The van der Waals surface area contributed by atoms with Gasteiger partial charge in [0.05, 0.1) is 6.61 Å². The van der Waals surface area contributed by atoms with E-state index < -0.39 is 26.5 Å². The van der Waals surface area contributed by atoms with Crippen molar-refractivity contribution in [3.63, 3.8) is 0 Å². The predicted octanol–water partition coefficient (Wildman–Crippen LogP) is 11.8. The quantitative estimate of drug-likeness (QED) is 0.0300. The number of carbonyl (C=O) groups excluding carboxylic acids is 2. The number of hydrogen-bond acceptors (Lipinski definition) is 7. The number of hydrogen-bond donors (Lipinski definition) is 1. The molecular weight excluding hydrogens is 639 g/mol. The molecule has 0 rings (SSSR count). The lowest BCUT2D eigenvalue weighted by Gasteiger charge is -2.19. The van der Waals surface area contributed by atoms with Gasteiger partial charge >= 0.3 is 19.8 Å². The molecule has 0 fully saturated rings. The van der Waals surface area contributed by atoms with E-state index >= 15 is 0 Å². The highest BCUT2D eigenvalue weighted by Crippen LogP contribution is 2.42. The van der Waals surface area contributed by atoms with Crippen molar-refractivity contribution in [1.82, 2.24) is 0 Å². The van der Waals surface area contributed by atoms with Crippen LogP contribution in [0, 0.1) is 0 Å². The maximum atomic E-state index is 12.5. The molecule has 0 heterocycles. The average Bonchev–Trinajstić information content (AvgIpc) is 3.09. The van der Waals surface area contributed by atoms with Crippen molar-refractivity contribution in [3.05, 3.63) is 48.6 Å². The van der Waals surface area contributed by atoms with Crippen molar-refractivity contribution in [1.29, 1.82) is 0 Å². The molecule has 284 valence electrons. The monoisotopic (exact) mass is 710 g/mol. The molecule has 0 saturated heterocycles. The summed E-state index contributed by atoms with van der Waals surface area (Å²) >= 11 is 0. The maximum Gasteiger partial charge on any atom is 0.472 e. The predicted molar refractivity (Wildman–Crippen MR) is 202 cm³/mol. The van der Waals surface area contributed by atoms with Gasteiger partial charge in [-0.25, -0.2) is 4.57 Å². The zero-order valence-corrected chi connectivity index (χ0v) is 32.2. The van der Waals surface area contributed by atoms with Gasteiger partial charge in [-0.3, -0.25) is 18.6 Å². The summed E-state index contributed by atoms with van der Waals surface area (Å²) in [5.74, 6) is -0.828. The summed E-state index contributed by atoms with van der Waals surface area (Å²) in [5.41, 5.74) is 0. The molecule has 0 amide bonds. The minimum Gasteiger partial charge on any atom is -0.462 e. The van der Waals surface area contributed by atoms with Gasteiger partial charge in [-0.15, -0.1) is 0 Å². The van der Waals surface area contributed by atoms with Crippen LogP contribution in [0.5, 0.6) is 0 Å². The Morgan fingerprint density at radius 3 is 1.57 bits per heavy atom. The summed E-state index contributed by atoms with van der Waals surface area (Å²) in [7, 11) is -3.21. The first-order valence-corrected chi connectivity index (χ1v) is 20.8. The largest absolute Gasteiger partial charge is 0.472 e. The smallest absolute Gasteiger partial charge is 0.462 e. The first-order chi connectivity index (χ1) is 23.8. The van der Waals surface area contributed by atoms with Crippen molar-refractivity contribution in [2.24, 2.45) is 0 Å². The molecule has 0 aromatic heterocycles. The molecule has 8 nitrogen and oxygen atoms in total. The molecule has 2 unspecified atom stereocenters. The molecule has 0 radical (unpaired) electrons. The van der Waals surface area contributed by atoms with Crippen LogP contribution in [0.1, 0.15) is 168 Å². The number of unbranched alkanes of at least 4 members (excludes halogenated alkanes) is 16. The molecule has 0 bridgehead atoms. The molecule has 0 aliphatic carbocycles. The van der Waals surface area contributed by atoms with E-state index in [9.17, 15) is 19.0 Å². The Hall–Kier alpha value is -1.99. The second-order valence-electron chi connectivity index (χ2n) is 12.7. The van der Waals surface area contributed by atoms with E-state index in [1.54, 1.807) is 0 Å². The Balaban J connectivity index is 4.08. The number of phosphoric acid groups is 1. The summed E-state index contributed by atoms with van der Waals surface area (Å²) in [6, 6.07) is 0. The number of allylic oxidation sites excluding steroid dienone is 8. The minimum absolute atomic E-state index is 0.231. The summed E-state index contributed by atoms with van der Waals surface area (Å²) in [6.07, 6.45) is 41.6. The molecule has 9 heteroatoms. The van der Waals surface area contributed by atoms with E-state index in [0.717, 1.165) is 90.6 Å². The lowest BCUT2D eigenvalue weighted by atomic mass is 10.1. The summed E-state index contributed by atoms with van der Waals surface area (Å²) in [6.45, 7) is 3.73. The SMILES string of the molecule is CC/C=C\C/C=C\C/C=C\CCCCCCCCCC(=O)OC(COC(=O)CCCCCCC/C=C\CCCCCC)COP(=O)(O)OC. The van der Waals surface area contributed by atoms with Crippen LogP contribution in [0.15, 0.2) is 48.6 Å². The number of esters is 2. The zero-order chi connectivity index (χ0) is 36.1. The van der Waals surface area contributed by atoms with Crippen molar-refractivity contribution < 1.29 is 37.6 Å². The molecule has 0 saturated carbocycles. The van der Waals surface area contributed by atoms with Crippen LogP contribution in [0.4, 0.5) is 0 Å². The first-order valence-electron chi connectivity index (χ1n) is 19.3. The number of phosphoric ester groups is 1. The molecule has 1 N–H and O–H groups in total. The highest BCUT2D eigenvalue weighted by Gasteiger charge is 2.24. The molecule has 49 heavy (non-hydrogen) atoms. The van der Waals surface area contributed by atoms with E-state index in [0.29, 0.717) is 6.42 Å². The van der Waals surface area contributed by atoms with Crippen LogP contribution in [0.3, 0.4) is 0 Å². The lowest BCUT2D eigenvalue weighted by Crippen LogP contribution is -2.29. The molecule has 0 aliphatic heterocycles. The fraction of sp³-hybridized carbons (Fsp3) is 0.750. The molecule has 0 spiro atoms. The van der Waals surface area contributed by atoms with Gasteiger partial charge in [-0.05, 0) is 70.6 Å². The molecule has 2 atom stereocenters. The Morgan fingerprint density at radius 2 is 1.04 bits per heavy atom. The van der Waals surface area contributed by atoms with Crippen molar-refractivity contribution in [2.45, 2.75) is 174 Å². The Morgan fingerprint density at radius 1 is 0.592 bits per heavy atom. The zero-order valence-electron chi connectivity index (χ0n) is 31.3. The number of carbonyl (C=O) groups is 2. The maximum absolute atomic E-state index is 12.5. The second-order valence-corrected chi connectivity index (χ2v) is 14.2. The van der Waals surface area contributed by atoms with Crippen LogP contribution >= 0.6 is 7.82 Å². The van der Waals surface area contributed by atoms with Crippen LogP contribution in [0.25, 0.3) is 0 Å². The van der Waals surface area contributed by atoms with E-state index in [-0.39, 0.29) is 25.4 Å². The minimum atomic E-state index is -4.26. The lowest BCUT2D eigenvalue weighted by molar-refractivity contribution is -0.161. The second kappa shape index (κ2) is 35.8. The third kappa shape index (κ3) is 35.6. The van der Waals surface area contributed by atoms with Gasteiger partial charge < -0.3 is 14.4 Å². The van der Waals surface area contributed by atoms with Gasteiger partial charge in [-0.2, -0.15) is 0 Å². The van der Waals surface area contributed by atoms with Crippen LogP contribution < -0.4 is 0 Å². The molecule has 0 aromatic carbocycles. The summed E-state index contributed by atoms with van der Waals surface area (Å²) in [4.78, 5) is 34.3. The summed E-state index contributed by atoms with van der Waals surface area (Å²) < 4.78 is 31.9. The first kappa shape index (κ1) is 47.0. The fourth-order valence-corrected chi connectivity index (χ4v) is 5.54. The Labute approximate surface area is 299 Å². The summed E-state index contributed by atoms with van der Waals surface area (Å²) in [5, 5.41) is 0. The third-order valence-corrected chi connectivity index (χ3v) is 8.99. The molecule has 0 aromatic rings. The van der Waals surface area contributed by atoms with E-state index in [4.69, 9.17) is 14.0 Å². The average molecular weight is 711 g/mol. The normalized spacial score (nSPS) is 14.0. The van der Waals surface area contributed by atoms with Gasteiger partial charge in [-0.1, -0.05) is 133 Å². The standard InChI is InChI=1S/C40H71O8P/c1-4-6-8-10-12-14-16-18-19-20-21-23-25-27-29-31-33-35-40(42)48-38(37-47-49(43,44)45-3)36-46-39(41)34-32-30-28-26-24-22-17-15-13-11-9-7-5-2/h6,8,12,14-15,17-19,38H,4-5,7,9-11,13,16,20-37H2,1-3H3,(H,43,44)/b8-6-,14-12-,17-15-,19-18-. The van der Waals surface area contributed by atoms with Crippen LogP contribution in [-0.2, 0) is 32.7 Å². The number of rotatable bonds is 35. The van der Waals surface area contributed by atoms with Gasteiger partial charge in [0.15, 0.2) is 6.10 Å². The van der Waals surface area contributed by atoms with E-state index in [1.165, 1.54) is 51.4 Å². The van der Waals surface area contributed by atoms with Crippen molar-refractivity contribution in [2.75, 3.05) is 20.3 Å². The van der Waals surface area contributed by atoms with Gasteiger partial charge in [0.25, 0.3) is 0 Å². The highest BCUT2D eigenvalue weighted by atomic mass is 31.2. The third-order valence-electron chi connectivity index (χ3n) is 8.06. The Bertz CT molecular complexity index is 943. The van der Waals surface area contributed by atoms with E-state index in [2.05, 4.69) is 67.0 Å². The van der Waals surface area contributed by atoms with Gasteiger partial charge in [0.1, 0.15) is 6.61 Å². The van der Waals surface area contributed by atoms with Gasteiger partial charge in [0, 0.05) is 20.0 Å². The number of ether oxygens (including phenoxy) is 2. The van der Waals surface area contributed by atoms with Crippen molar-refractivity contribution in [3.8, 4) is 0 Å². The van der Waals surface area contributed by atoms with Crippen molar-refractivity contribution >= 4 is 19.8 Å².